The Morgan fingerprint density at radius 2 is 2.23 bits per heavy atom. The van der Waals surface area contributed by atoms with E-state index >= 15 is 0 Å². The minimum absolute atomic E-state index is 0.233. The number of carbonyl (C=O) groups is 1. The summed E-state index contributed by atoms with van der Waals surface area (Å²) in [6, 6.07) is 0. The highest BCUT2D eigenvalue weighted by atomic mass is 16.2. The lowest BCUT2D eigenvalue weighted by molar-refractivity contribution is -0.138. The molecule has 0 spiro atoms. The molecule has 122 valence electrons. The van der Waals surface area contributed by atoms with Crippen molar-refractivity contribution in [2.24, 2.45) is 5.41 Å². The lowest BCUT2D eigenvalue weighted by Crippen LogP contribution is -2.44. The van der Waals surface area contributed by atoms with Gasteiger partial charge in [0.15, 0.2) is 0 Å². The highest BCUT2D eigenvalue weighted by molar-refractivity contribution is 5.77. The summed E-state index contributed by atoms with van der Waals surface area (Å²) in [5.41, 5.74) is 2.74. The molecule has 1 aliphatic heterocycles. The molecule has 0 aliphatic carbocycles. The highest BCUT2D eigenvalue weighted by Crippen LogP contribution is 2.35. The lowest BCUT2D eigenvalue weighted by atomic mass is 9.77. The van der Waals surface area contributed by atoms with E-state index in [0.717, 1.165) is 38.0 Å². The third-order valence-electron chi connectivity index (χ3n) is 4.66. The number of piperidine rings is 1. The number of allylic oxidation sites excluding steroid dienone is 2. The summed E-state index contributed by atoms with van der Waals surface area (Å²) < 4.78 is 2.11. The highest BCUT2D eigenvalue weighted by Gasteiger charge is 2.34. The van der Waals surface area contributed by atoms with E-state index in [1.165, 1.54) is 5.57 Å². The number of nitrogens with zero attached hydrogens (tertiary/aromatic N) is 3. The molecule has 4 heteroatoms. The molecule has 0 radical (unpaired) electrons. The summed E-state index contributed by atoms with van der Waals surface area (Å²) >= 11 is 0. The SMILES string of the molecule is CCn1cncc1CN1C[C@](C)(CCC=C(C)C)CCC1=O. The van der Waals surface area contributed by atoms with Crippen molar-refractivity contribution in [3.05, 3.63) is 29.9 Å². The van der Waals surface area contributed by atoms with Crippen molar-refractivity contribution in [2.45, 2.75) is 66.5 Å². The van der Waals surface area contributed by atoms with Crippen molar-refractivity contribution in [3.8, 4) is 0 Å². The number of hydrogen-bond acceptors (Lipinski definition) is 2. The van der Waals surface area contributed by atoms with Gasteiger partial charge in [-0.1, -0.05) is 18.6 Å². The van der Waals surface area contributed by atoms with Crippen molar-refractivity contribution in [1.29, 1.82) is 0 Å². The van der Waals surface area contributed by atoms with E-state index in [-0.39, 0.29) is 11.3 Å². The zero-order chi connectivity index (χ0) is 16.2. The normalized spacial score (nSPS) is 22.0. The van der Waals surface area contributed by atoms with Crippen LogP contribution in [0.3, 0.4) is 0 Å². The average Bonchev–Trinajstić information content (AvgIpc) is 2.90. The second kappa shape index (κ2) is 7.12. The van der Waals surface area contributed by atoms with Crippen molar-refractivity contribution in [1.82, 2.24) is 14.5 Å². The van der Waals surface area contributed by atoms with Crippen LogP contribution in [0.4, 0.5) is 0 Å². The number of hydrogen-bond donors (Lipinski definition) is 0. The Balaban J connectivity index is 2.01. The summed E-state index contributed by atoms with van der Waals surface area (Å²) in [6.45, 7) is 11.2. The van der Waals surface area contributed by atoms with Crippen LogP contribution in [0.15, 0.2) is 24.2 Å². The Kier molecular flexibility index (Phi) is 5.43. The molecule has 4 nitrogen and oxygen atoms in total. The fourth-order valence-electron chi connectivity index (χ4n) is 3.21. The molecule has 0 aromatic carbocycles. The molecule has 1 aliphatic rings. The number of imidazole rings is 1. The Labute approximate surface area is 134 Å². The van der Waals surface area contributed by atoms with Gasteiger partial charge >= 0.3 is 0 Å². The molecule has 1 atom stereocenters. The van der Waals surface area contributed by atoms with Gasteiger partial charge in [0.05, 0.1) is 18.6 Å². The fraction of sp³-hybridized carbons (Fsp3) is 0.667. The molecule has 0 bridgehead atoms. The van der Waals surface area contributed by atoms with E-state index in [1.807, 2.05) is 17.4 Å². The van der Waals surface area contributed by atoms with Crippen LogP contribution in [0.25, 0.3) is 0 Å². The topological polar surface area (TPSA) is 38.1 Å². The number of likely N-dealkylation sites (tertiary alicyclic amines) is 1. The van der Waals surface area contributed by atoms with E-state index in [4.69, 9.17) is 0 Å². The number of aromatic nitrogens is 2. The van der Waals surface area contributed by atoms with Gasteiger partial charge < -0.3 is 9.47 Å². The third-order valence-corrected chi connectivity index (χ3v) is 4.66. The first-order chi connectivity index (χ1) is 10.4. The lowest BCUT2D eigenvalue weighted by Gasteiger charge is -2.40. The van der Waals surface area contributed by atoms with E-state index in [1.54, 1.807) is 0 Å². The van der Waals surface area contributed by atoms with Crippen LogP contribution in [0.5, 0.6) is 0 Å². The van der Waals surface area contributed by atoms with Gasteiger partial charge in [0, 0.05) is 25.7 Å². The molecule has 22 heavy (non-hydrogen) atoms. The summed E-state index contributed by atoms with van der Waals surface area (Å²) in [7, 11) is 0. The van der Waals surface area contributed by atoms with Gasteiger partial charge in [0.25, 0.3) is 0 Å². The third kappa shape index (κ3) is 4.21. The Morgan fingerprint density at radius 3 is 2.91 bits per heavy atom. The molecule has 0 N–H and O–H groups in total. The van der Waals surface area contributed by atoms with Crippen LogP contribution >= 0.6 is 0 Å². The van der Waals surface area contributed by atoms with Gasteiger partial charge in [-0.05, 0) is 45.4 Å². The predicted molar refractivity (Wildman–Crippen MR) is 89.3 cm³/mol. The van der Waals surface area contributed by atoms with Crippen LogP contribution in [0, 0.1) is 5.41 Å². The molecule has 2 rings (SSSR count). The van der Waals surface area contributed by atoms with Crippen molar-refractivity contribution >= 4 is 5.91 Å². The van der Waals surface area contributed by atoms with Gasteiger partial charge in [-0.15, -0.1) is 0 Å². The van der Waals surface area contributed by atoms with Crippen LogP contribution < -0.4 is 0 Å². The van der Waals surface area contributed by atoms with Crippen molar-refractivity contribution in [3.63, 3.8) is 0 Å². The monoisotopic (exact) mass is 303 g/mol. The van der Waals surface area contributed by atoms with E-state index in [9.17, 15) is 4.79 Å². The summed E-state index contributed by atoms with van der Waals surface area (Å²) in [4.78, 5) is 18.5. The Morgan fingerprint density at radius 1 is 1.45 bits per heavy atom. The standard InChI is InChI=1S/C18H29N3O/c1-5-20-14-19-11-16(20)12-21-13-18(4,10-8-17(21)22)9-6-7-15(2)3/h7,11,14H,5-6,8-10,12-13H2,1-4H3/t18-/m1/s1. The zero-order valence-corrected chi connectivity index (χ0v) is 14.4. The maximum absolute atomic E-state index is 12.3. The van der Waals surface area contributed by atoms with E-state index in [0.29, 0.717) is 13.0 Å². The summed E-state index contributed by atoms with van der Waals surface area (Å²) in [6.07, 6.45) is 9.96. The van der Waals surface area contributed by atoms with Gasteiger partial charge in [-0.25, -0.2) is 4.98 Å². The minimum Gasteiger partial charge on any atom is -0.336 e. The summed E-state index contributed by atoms with van der Waals surface area (Å²) in [5.74, 6) is 0.281. The van der Waals surface area contributed by atoms with E-state index < -0.39 is 0 Å². The zero-order valence-electron chi connectivity index (χ0n) is 14.4. The number of aryl methyl sites for hydroxylation is 1. The number of carbonyl (C=O) groups excluding carboxylic acids is 1. The molecule has 1 aromatic rings. The molecule has 1 aromatic heterocycles. The first-order valence-electron chi connectivity index (χ1n) is 8.34. The van der Waals surface area contributed by atoms with Gasteiger partial charge in [-0.3, -0.25) is 4.79 Å². The maximum atomic E-state index is 12.3. The maximum Gasteiger partial charge on any atom is 0.222 e. The molecule has 1 amide bonds. The molecular formula is C18H29N3O. The quantitative estimate of drug-likeness (QED) is 0.750. The van der Waals surface area contributed by atoms with Crippen molar-refractivity contribution in [2.75, 3.05) is 6.54 Å². The van der Waals surface area contributed by atoms with Crippen LogP contribution in [0.1, 0.15) is 59.1 Å². The summed E-state index contributed by atoms with van der Waals surface area (Å²) in [5, 5.41) is 0. The molecule has 1 fully saturated rings. The number of rotatable bonds is 6. The first-order valence-corrected chi connectivity index (χ1v) is 8.34. The number of amides is 1. The molecule has 2 heterocycles. The molecular weight excluding hydrogens is 274 g/mol. The fourth-order valence-corrected chi connectivity index (χ4v) is 3.21. The average molecular weight is 303 g/mol. The molecule has 0 unspecified atom stereocenters. The van der Waals surface area contributed by atoms with Crippen LogP contribution in [-0.4, -0.2) is 26.9 Å². The second-order valence-electron chi connectivity index (χ2n) is 7.05. The van der Waals surface area contributed by atoms with Gasteiger partial charge in [-0.2, -0.15) is 0 Å². The van der Waals surface area contributed by atoms with Crippen LogP contribution in [-0.2, 0) is 17.9 Å². The van der Waals surface area contributed by atoms with Gasteiger partial charge in [0.2, 0.25) is 5.91 Å². The molecule has 1 saturated heterocycles. The minimum atomic E-state index is 0.233. The van der Waals surface area contributed by atoms with Gasteiger partial charge in [0.1, 0.15) is 0 Å². The van der Waals surface area contributed by atoms with E-state index in [2.05, 4.69) is 43.3 Å². The largest absolute Gasteiger partial charge is 0.336 e. The van der Waals surface area contributed by atoms with Crippen molar-refractivity contribution < 1.29 is 4.79 Å². The predicted octanol–water partition coefficient (Wildman–Crippen LogP) is 3.78. The smallest absolute Gasteiger partial charge is 0.222 e. The Bertz CT molecular complexity index is 542. The molecule has 0 saturated carbocycles. The second-order valence-corrected chi connectivity index (χ2v) is 7.05. The Hall–Kier alpha value is -1.58. The van der Waals surface area contributed by atoms with Crippen LogP contribution in [0.2, 0.25) is 0 Å². The first kappa shape index (κ1) is 16.8.